The average molecular weight is 470 g/mol. The Kier molecular flexibility index (Phi) is 7.04. The molecular formula is C28H24ClN3O2. The normalized spacial score (nSPS) is 11.5. The van der Waals surface area contributed by atoms with Crippen molar-refractivity contribution in [1.29, 1.82) is 0 Å². The highest BCUT2D eigenvalue weighted by molar-refractivity contribution is 6.34. The summed E-state index contributed by atoms with van der Waals surface area (Å²) in [5.41, 5.74) is 5.12. The number of nitrogens with one attached hydrogen (secondary N) is 2. The van der Waals surface area contributed by atoms with Crippen LogP contribution in [0.15, 0.2) is 91.1 Å². The van der Waals surface area contributed by atoms with Crippen LogP contribution in [0.1, 0.15) is 44.8 Å². The molecule has 2 N–H and O–H groups in total. The summed E-state index contributed by atoms with van der Waals surface area (Å²) in [6, 6.07) is 25.6. The van der Waals surface area contributed by atoms with Crippen LogP contribution in [0.4, 0.5) is 5.69 Å². The Morgan fingerprint density at radius 3 is 2.35 bits per heavy atom. The molecule has 6 heteroatoms. The number of aromatic nitrogens is 1. The Morgan fingerprint density at radius 1 is 0.882 bits per heavy atom. The molecule has 0 aliphatic heterocycles. The number of rotatable bonds is 6. The second-order valence-corrected chi connectivity index (χ2v) is 8.41. The quantitative estimate of drug-likeness (QED) is 0.340. The maximum atomic E-state index is 12.9. The van der Waals surface area contributed by atoms with E-state index in [9.17, 15) is 9.59 Å². The number of hydrogen-bond donors (Lipinski definition) is 2. The Labute approximate surface area is 203 Å². The monoisotopic (exact) mass is 469 g/mol. The number of carbonyl (C=O) groups excluding carboxylic acids is 2. The zero-order valence-corrected chi connectivity index (χ0v) is 19.6. The number of hydrogen-bond acceptors (Lipinski definition) is 3. The molecule has 0 bridgehead atoms. The molecule has 1 unspecified atom stereocenters. The largest absolute Gasteiger partial charge is 0.346 e. The van der Waals surface area contributed by atoms with Gasteiger partial charge in [-0.15, -0.1) is 0 Å². The van der Waals surface area contributed by atoms with Crippen molar-refractivity contribution in [2.45, 2.75) is 19.9 Å². The van der Waals surface area contributed by atoms with Crippen molar-refractivity contribution in [1.82, 2.24) is 10.3 Å². The fraction of sp³-hybridized carbons (Fsp3) is 0.107. The van der Waals surface area contributed by atoms with Gasteiger partial charge >= 0.3 is 0 Å². The first-order valence-corrected chi connectivity index (χ1v) is 11.3. The van der Waals surface area contributed by atoms with Gasteiger partial charge in [-0.1, -0.05) is 54.1 Å². The molecule has 4 aromatic rings. The lowest BCUT2D eigenvalue weighted by Crippen LogP contribution is -2.26. The van der Waals surface area contributed by atoms with E-state index in [1.165, 1.54) is 6.07 Å². The summed E-state index contributed by atoms with van der Waals surface area (Å²) >= 11 is 6.39. The summed E-state index contributed by atoms with van der Waals surface area (Å²) in [5, 5.41) is 6.04. The summed E-state index contributed by atoms with van der Waals surface area (Å²) in [7, 11) is 0. The van der Waals surface area contributed by atoms with Crippen LogP contribution in [0.3, 0.4) is 0 Å². The fourth-order valence-electron chi connectivity index (χ4n) is 3.64. The maximum absolute atomic E-state index is 12.9. The highest BCUT2D eigenvalue weighted by Crippen LogP contribution is 2.26. The van der Waals surface area contributed by atoms with Crippen molar-refractivity contribution in [2.24, 2.45) is 0 Å². The third-order valence-corrected chi connectivity index (χ3v) is 5.87. The van der Waals surface area contributed by atoms with Gasteiger partial charge in [0.2, 0.25) is 0 Å². The van der Waals surface area contributed by atoms with Crippen LogP contribution < -0.4 is 10.6 Å². The van der Waals surface area contributed by atoms with Crippen LogP contribution in [-0.2, 0) is 0 Å². The van der Waals surface area contributed by atoms with Crippen molar-refractivity contribution in [3.05, 3.63) is 118 Å². The predicted molar refractivity (Wildman–Crippen MR) is 136 cm³/mol. The van der Waals surface area contributed by atoms with Crippen molar-refractivity contribution in [3.63, 3.8) is 0 Å². The van der Waals surface area contributed by atoms with Gasteiger partial charge in [0.15, 0.2) is 0 Å². The summed E-state index contributed by atoms with van der Waals surface area (Å²) < 4.78 is 0. The maximum Gasteiger partial charge on any atom is 0.257 e. The van der Waals surface area contributed by atoms with E-state index in [2.05, 4.69) is 15.6 Å². The van der Waals surface area contributed by atoms with Crippen molar-refractivity contribution in [2.75, 3.05) is 5.32 Å². The first kappa shape index (κ1) is 23.2. The van der Waals surface area contributed by atoms with Gasteiger partial charge in [0, 0.05) is 23.0 Å². The third-order valence-electron chi connectivity index (χ3n) is 5.56. The van der Waals surface area contributed by atoms with Crippen LogP contribution in [0.5, 0.6) is 0 Å². The molecule has 0 aliphatic carbocycles. The van der Waals surface area contributed by atoms with Gasteiger partial charge in [-0.2, -0.15) is 0 Å². The number of anilines is 1. The van der Waals surface area contributed by atoms with Crippen LogP contribution >= 0.6 is 11.6 Å². The van der Waals surface area contributed by atoms with Crippen molar-refractivity contribution in [3.8, 4) is 11.3 Å². The van der Waals surface area contributed by atoms with E-state index in [0.717, 1.165) is 22.4 Å². The number of benzene rings is 3. The van der Waals surface area contributed by atoms with E-state index in [4.69, 9.17) is 11.6 Å². The van der Waals surface area contributed by atoms with Crippen molar-refractivity contribution < 1.29 is 9.59 Å². The van der Waals surface area contributed by atoms with E-state index in [0.29, 0.717) is 11.3 Å². The molecule has 0 aliphatic rings. The first-order valence-electron chi connectivity index (χ1n) is 10.9. The van der Waals surface area contributed by atoms with E-state index < -0.39 is 0 Å². The van der Waals surface area contributed by atoms with Crippen LogP contribution in [0.25, 0.3) is 11.3 Å². The first-order chi connectivity index (χ1) is 16.4. The number of pyridine rings is 1. The van der Waals surface area contributed by atoms with E-state index in [1.54, 1.807) is 18.3 Å². The summed E-state index contributed by atoms with van der Waals surface area (Å²) in [5.74, 6) is -0.616. The molecule has 0 spiro atoms. The summed E-state index contributed by atoms with van der Waals surface area (Å²) in [4.78, 5) is 30.0. The minimum Gasteiger partial charge on any atom is -0.346 e. The highest BCUT2D eigenvalue weighted by Gasteiger charge is 2.16. The minimum absolute atomic E-state index is 0.162. The standard InChI is InChI=1S/C28H24ClN3O2/c1-18-11-13-22(17-24(18)26-10-6-7-15-30-26)32-28(34)23-14-12-21(16-25(23)29)27(33)31-19(2)20-8-4-3-5-9-20/h3-17,19H,1-2H3,(H,31,33)(H,32,34). The molecule has 1 atom stereocenters. The zero-order valence-electron chi connectivity index (χ0n) is 18.9. The van der Waals surface area contributed by atoms with Gasteiger partial charge in [-0.05, 0) is 67.4 Å². The molecule has 34 heavy (non-hydrogen) atoms. The van der Waals surface area contributed by atoms with E-state index in [-0.39, 0.29) is 28.4 Å². The number of amides is 2. The molecule has 2 amide bonds. The van der Waals surface area contributed by atoms with Crippen LogP contribution in [-0.4, -0.2) is 16.8 Å². The second-order valence-electron chi connectivity index (χ2n) is 8.00. The second kappa shape index (κ2) is 10.3. The molecule has 0 fully saturated rings. The Balaban J connectivity index is 1.48. The molecular weight excluding hydrogens is 446 g/mol. The van der Waals surface area contributed by atoms with Crippen LogP contribution in [0.2, 0.25) is 5.02 Å². The number of carbonyl (C=O) groups is 2. The van der Waals surface area contributed by atoms with Gasteiger partial charge in [-0.25, -0.2) is 0 Å². The molecule has 170 valence electrons. The lowest BCUT2D eigenvalue weighted by molar-refractivity contribution is 0.0938. The minimum atomic E-state index is -0.356. The molecule has 3 aromatic carbocycles. The molecule has 1 heterocycles. The smallest absolute Gasteiger partial charge is 0.257 e. The number of nitrogens with zero attached hydrogens (tertiary/aromatic N) is 1. The number of aryl methyl sites for hydroxylation is 1. The average Bonchev–Trinajstić information content (AvgIpc) is 2.86. The fourth-order valence-corrected chi connectivity index (χ4v) is 3.91. The summed E-state index contributed by atoms with van der Waals surface area (Å²) in [6.45, 7) is 3.91. The van der Waals surface area contributed by atoms with E-state index >= 15 is 0 Å². The third kappa shape index (κ3) is 5.33. The molecule has 5 nitrogen and oxygen atoms in total. The number of halogens is 1. The van der Waals surface area contributed by atoms with E-state index in [1.807, 2.05) is 80.6 Å². The van der Waals surface area contributed by atoms with Gasteiger partial charge in [0.25, 0.3) is 11.8 Å². The summed E-state index contributed by atoms with van der Waals surface area (Å²) in [6.07, 6.45) is 1.73. The lowest BCUT2D eigenvalue weighted by Gasteiger charge is -2.15. The SMILES string of the molecule is Cc1ccc(NC(=O)c2ccc(C(=O)NC(C)c3ccccc3)cc2Cl)cc1-c1ccccn1. The molecule has 0 radical (unpaired) electrons. The van der Waals surface area contributed by atoms with Crippen molar-refractivity contribution >= 4 is 29.1 Å². The van der Waals surface area contributed by atoms with Gasteiger partial charge in [-0.3, -0.25) is 14.6 Å². The Morgan fingerprint density at radius 2 is 1.65 bits per heavy atom. The van der Waals surface area contributed by atoms with Gasteiger partial charge < -0.3 is 10.6 Å². The van der Waals surface area contributed by atoms with Gasteiger partial charge in [0.1, 0.15) is 0 Å². The molecule has 4 rings (SSSR count). The molecule has 0 saturated carbocycles. The Bertz CT molecular complexity index is 1320. The lowest BCUT2D eigenvalue weighted by atomic mass is 10.0. The zero-order chi connectivity index (χ0) is 24.1. The molecule has 0 saturated heterocycles. The van der Waals surface area contributed by atoms with Crippen LogP contribution in [0, 0.1) is 6.92 Å². The topological polar surface area (TPSA) is 71.1 Å². The van der Waals surface area contributed by atoms with Gasteiger partial charge in [0.05, 0.1) is 22.3 Å². The predicted octanol–water partition coefficient (Wildman–Crippen LogP) is 6.45. The highest BCUT2D eigenvalue weighted by atomic mass is 35.5. The molecule has 1 aromatic heterocycles. The Hall–Kier alpha value is -3.96.